The molecule has 1 aromatic carbocycles. The number of aliphatic hydroxyl groups excluding tert-OH is 1. The van der Waals surface area contributed by atoms with Crippen molar-refractivity contribution < 1.29 is 5.11 Å². The Morgan fingerprint density at radius 3 is 2.50 bits per heavy atom. The Hall–Kier alpha value is -1.33. The van der Waals surface area contributed by atoms with Crippen molar-refractivity contribution in [2.45, 2.75) is 0 Å². The fourth-order valence-electron chi connectivity index (χ4n) is 1.19. The largest absolute Gasteiger partial charge is 0.394 e. The number of nitrogens with one attached hydrogen (secondary N) is 1. The normalized spacial score (nSPS) is 9.06. The second-order valence-corrected chi connectivity index (χ2v) is 3.05. The molecule has 0 amide bonds. The van der Waals surface area contributed by atoms with Crippen LogP contribution in [0.1, 0.15) is 0 Å². The molecule has 1 rings (SSSR count). The maximum absolute atomic E-state index is 10.3. The van der Waals surface area contributed by atoms with E-state index in [1.807, 2.05) is 30.3 Å². The molecule has 0 unspecified atom stereocenters. The Kier molecular flexibility index (Phi) is 8.19. The van der Waals surface area contributed by atoms with Crippen LogP contribution in [0, 0.1) is 4.91 Å². The summed E-state index contributed by atoms with van der Waals surface area (Å²) < 4.78 is 0. The summed E-state index contributed by atoms with van der Waals surface area (Å²) in [5, 5.41) is 15.8. The van der Waals surface area contributed by atoms with Gasteiger partial charge in [-0.3, -0.25) is 5.01 Å². The molecule has 0 aromatic heterocycles. The number of aliphatic hydroxyl groups is 1. The number of rotatable bonds is 7. The standard InChI is InChI=1S/C10H15N3O2.ClH/c14-9-8-13(12-15)7-6-11-10-4-2-1-3-5-10;/h1-5,11,14H,6-9H2;1H. The zero-order chi connectivity index (χ0) is 10.9. The smallest absolute Gasteiger partial charge is 0.0624 e. The third kappa shape index (κ3) is 5.53. The van der Waals surface area contributed by atoms with E-state index < -0.39 is 0 Å². The van der Waals surface area contributed by atoms with E-state index in [1.165, 1.54) is 5.01 Å². The second-order valence-electron chi connectivity index (χ2n) is 3.05. The number of hydrogen-bond donors (Lipinski definition) is 2. The molecule has 0 saturated carbocycles. The van der Waals surface area contributed by atoms with E-state index in [9.17, 15) is 4.91 Å². The minimum atomic E-state index is -0.0585. The maximum Gasteiger partial charge on any atom is 0.0624 e. The van der Waals surface area contributed by atoms with Crippen LogP contribution in [0.3, 0.4) is 0 Å². The molecule has 0 aliphatic carbocycles. The van der Waals surface area contributed by atoms with Crippen LogP contribution in [0.5, 0.6) is 0 Å². The van der Waals surface area contributed by atoms with Gasteiger partial charge in [0.15, 0.2) is 0 Å². The topological polar surface area (TPSA) is 64.9 Å². The van der Waals surface area contributed by atoms with Gasteiger partial charge >= 0.3 is 0 Å². The monoisotopic (exact) mass is 245 g/mol. The molecule has 0 aliphatic heterocycles. The lowest BCUT2D eigenvalue weighted by molar-refractivity contribution is 0.204. The van der Waals surface area contributed by atoms with Gasteiger partial charge in [-0.2, -0.15) is 0 Å². The molecule has 1 aromatic rings. The fraction of sp³-hybridized carbons (Fsp3) is 0.400. The van der Waals surface area contributed by atoms with E-state index in [0.29, 0.717) is 13.1 Å². The van der Waals surface area contributed by atoms with Gasteiger partial charge in [-0.1, -0.05) is 18.2 Å². The first-order chi connectivity index (χ1) is 7.36. The molecular formula is C10H16ClN3O2. The number of benzene rings is 1. The summed E-state index contributed by atoms with van der Waals surface area (Å²) in [6.45, 7) is 1.33. The van der Waals surface area contributed by atoms with Crippen molar-refractivity contribution in [1.29, 1.82) is 0 Å². The van der Waals surface area contributed by atoms with Gasteiger partial charge in [0.05, 0.1) is 25.0 Å². The van der Waals surface area contributed by atoms with Gasteiger partial charge in [-0.15, -0.1) is 17.3 Å². The Labute approximate surface area is 101 Å². The first-order valence-electron chi connectivity index (χ1n) is 4.85. The minimum absolute atomic E-state index is 0. The van der Waals surface area contributed by atoms with Gasteiger partial charge in [0.1, 0.15) is 0 Å². The van der Waals surface area contributed by atoms with Crippen LogP contribution in [-0.4, -0.2) is 36.4 Å². The Morgan fingerprint density at radius 2 is 1.94 bits per heavy atom. The molecule has 0 aliphatic rings. The molecule has 0 heterocycles. The molecule has 6 heteroatoms. The number of halogens is 1. The Balaban J connectivity index is 0.00000225. The summed E-state index contributed by atoms with van der Waals surface area (Å²) in [5.74, 6) is 0. The van der Waals surface area contributed by atoms with Crippen LogP contribution >= 0.6 is 12.4 Å². The zero-order valence-electron chi connectivity index (χ0n) is 8.87. The van der Waals surface area contributed by atoms with Gasteiger partial charge in [0, 0.05) is 12.2 Å². The van der Waals surface area contributed by atoms with E-state index in [1.54, 1.807) is 0 Å². The van der Waals surface area contributed by atoms with E-state index >= 15 is 0 Å². The molecule has 0 fully saturated rings. The number of nitroso groups, excluding NO2 is 1. The first-order valence-corrected chi connectivity index (χ1v) is 4.85. The number of hydrogen-bond acceptors (Lipinski definition) is 4. The van der Waals surface area contributed by atoms with Gasteiger partial charge in [-0.05, 0) is 12.1 Å². The number of nitrogens with zero attached hydrogens (tertiary/aromatic N) is 2. The van der Waals surface area contributed by atoms with Crippen molar-refractivity contribution in [2.24, 2.45) is 5.29 Å². The molecule has 0 radical (unpaired) electrons. The number of para-hydroxylation sites is 1. The molecule has 5 nitrogen and oxygen atoms in total. The molecular weight excluding hydrogens is 230 g/mol. The minimum Gasteiger partial charge on any atom is -0.394 e. The average molecular weight is 246 g/mol. The highest BCUT2D eigenvalue weighted by molar-refractivity contribution is 5.85. The molecule has 0 saturated heterocycles. The molecule has 0 bridgehead atoms. The molecule has 0 spiro atoms. The lowest BCUT2D eigenvalue weighted by atomic mass is 10.3. The van der Waals surface area contributed by atoms with Crippen molar-refractivity contribution >= 4 is 18.1 Å². The zero-order valence-corrected chi connectivity index (χ0v) is 9.69. The average Bonchev–Trinajstić information content (AvgIpc) is 2.29. The predicted octanol–water partition coefficient (Wildman–Crippen LogP) is 1.50. The highest BCUT2D eigenvalue weighted by atomic mass is 35.5. The summed E-state index contributed by atoms with van der Waals surface area (Å²) in [7, 11) is 0. The van der Waals surface area contributed by atoms with E-state index in [2.05, 4.69) is 10.6 Å². The quantitative estimate of drug-likeness (QED) is 0.564. The van der Waals surface area contributed by atoms with Crippen molar-refractivity contribution in [3.05, 3.63) is 35.2 Å². The van der Waals surface area contributed by atoms with Gasteiger partial charge in [0.2, 0.25) is 0 Å². The first kappa shape index (κ1) is 14.7. The van der Waals surface area contributed by atoms with Crippen LogP contribution in [0.25, 0.3) is 0 Å². The summed E-state index contributed by atoms with van der Waals surface area (Å²) in [6.07, 6.45) is 0. The Morgan fingerprint density at radius 1 is 1.25 bits per heavy atom. The molecule has 0 atom stereocenters. The van der Waals surface area contributed by atoms with E-state index in [-0.39, 0.29) is 25.6 Å². The lowest BCUT2D eigenvalue weighted by Gasteiger charge is -2.14. The summed E-state index contributed by atoms with van der Waals surface area (Å²) in [4.78, 5) is 10.3. The van der Waals surface area contributed by atoms with Gasteiger partial charge in [-0.25, -0.2) is 0 Å². The summed E-state index contributed by atoms with van der Waals surface area (Å²) in [5.41, 5.74) is 1.01. The molecule has 16 heavy (non-hydrogen) atoms. The number of anilines is 1. The lowest BCUT2D eigenvalue weighted by Crippen LogP contribution is -2.26. The van der Waals surface area contributed by atoms with Crippen LogP contribution in [0.4, 0.5) is 5.69 Å². The Bertz CT molecular complexity index is 285. The SMILES string of the molecule is Cl.O=NN(CCO)CCNc1ccccc1. The van der Waals surface area contributed by atoms with Crippen molar-refractivity contribution in [3.8, 4) is 0 Å². The van der Waals surface area contributed by atoms with Crippen molar-refractivity contribution in [1.82, 2.24) is 5.01 Å². The third-order valence-electron chi connectivity index (χ3n) is 1.95. The van der Waals surface area contributed by atoms with Crippen LogP contribution in [-0.2, 0) is 0 Å². The molecule has 90 valence electrons. The van der Waals surface area contributed by atoms with Gasteiger partial charge < -0.3 is 10.4 Å². The maximum atomic E-state index is 10.3. The summed E-state index contributed by atoms with van der Waals surface area (Å²) in [6, 6.07) is 9.71. The van der Waals surface area contributed by atoms with Crippen LogP contribution < -0.4 is 5.32 Å². The van der Waals surface area contributed by atoms with Crippen LogP contribution in [0.15, 0.2) is 35.6 Å². The fourth-order valence-corrected chi connectivity index (χ4v) is 1.19. The van der Waals surface area contributed by atoms with Crippen LogP contribution in [0.2, 0.25) is 0 Å². The predicted molar refractivity (Wildman–Crippen MR) is 66.6 cm³/mol. The van der Waals surface area contributed by atoms with Crippen molar-refractivity contribution in [2.75, 3.05) is 31.6 Å². The van der Waals surface area contributed by atoms with E-state index in [0.717, 1.165) is 5.69 Å². The highest BCUT2D eigenvalue weighted by Gasteiger charge is 2.00. The van der Waals surface area contributed by atoms with Crippen molar-refractivity contribution in [3.63, 3.8) is 0 Å². The highest BCUT2D eigenvalue weighted by Crippen LogP contribution is 2.03. The molecule has 2 N–H and O–H groups in total. The third-order valence-corrected chi connectivity index (χ3v) is 1.95. The summed E-state index contributed by atoms with van der Waals surface area (Å²) >= 11 is 0. The van der Waals surface area contributed by atoms with E-state index in [4.69, 9.17) is 5.11 Å². The van der Waals surface area contributed by atoms with Gasteiger partial charge in [0.25, 0.3) is 0 Å². The second kappa shape index (κ2) is 8.94.